The van der Waals surface area contributed by atoms with Gasteiger partial charge in [-0.05, 0) is 38.0 Å². The maximum absolute atomic E-state index is 11.5. The third kappa shape index (κ3) is 7.19. The Labute approximate surface area is 162 Å². The number of aliphatic imine (C=N–C) groups is 1. The van der Waals surface area contributed by atoms with Gasteiger partial charge in [-0.25, -0.2) is 4.79 Å². The summed E-state index contributed by atoms with van der Waals surface area (Å²) in [5, 5.41) is 6.67. The van der Waals surface area contributed by atoms with E-state index in [4.69, 9.17) is 14.5 Å². The van der Waals surface area contributed by atoms with Crippen molar-refractivity contribution in [3.05, 3.63) is 35.4 Å². The van der Waals surface area contributed by atoms with E-state index in [1.165, 1.54) is 7.11 Å². The number of methoxy groups -OCH3 is 1. The second-order valence-corrected chi connectivity index (χ2v) is 6.58. The van der Waals surface area contributed by atoms with Gasteiger partial charge in [0.25, 0.3) is 0 Å². The number of rotatable bonds is 8. The lowest BCUT2D eigenvalue weighted by atomic mass is 10.1. The predicted octanol–water partition coefficient (Wildman–Crippen LogP) is 1.29. The van der Waals surface area contributed by atoms with E-state index >= 15 is 0 Å². The fourth-order valence-electron chi connectivity index (χ4n) is 2.95. The zero-order valence-corrected chi connectivity index (χ0v) is 16.7. The Morgan fingerprint density at radius 2 is 1.96 bits per heavy atom. The van der Waals surface area contributed by atoms with E-state index < -0.39 is 0 Å². The van der Waals surface area contributed by atoms with Crippen molar-refractivity contribution >= 4 is 11.9 Å². The molecule has 150 valence electrons. The van der Waals surface area contributed by atoms with Gasteiger partial charge in [0.2, 0.25) is 0 Å². The molecule has 0 aliphatic carbocycles. The Morgan fingerprint density at radius 3 is 2.59 bits per heavy atom. The first kappa shape index (κ1) is 21.2. The van der Waals surface area contributed by atoms with Crippen molar-refractivity contribution in [3.8, 4) is 0 Å². The predicted molar refractivity (Wildman–Crippen MR) is 107 cm³/mol. The van der Waals surface area contributed by atoms with Crippen LogP contribution in [0.1, 0.15) is 29.8 Å². The highest BCUT2D eigenvalue weighted by molar-refractivity contribution is 5.89. The average Bonchev–Trinajstić information content (AvgIpc) is 2.72. The van der Waals surface area contributed by atoms with Gasteiger partial charge in [0.15, 0.2) is 5.96 Å². The first-order valence-electron chi connectivity index (χ1n) is 9.65. The molecule has 1 heterocycles. The van der Waals surface area contributed by atoms with Crippen molar-refractivity contribution in [1.82, 2.24) is 15.5 Å². The van der Waals surface area contributed by atoms with Crippen molar-refractivity contribution in [3.63, 3.8) is 0 Å². The number of morpholine rings is 1. The van der Waals surface area contributed by atoms with E-state index in [1.807, 2.05) is 12.1 Å². The van der Waals surface area contributed by atoms with Gasteiger partial charge in [0, 0.05) is 32.2 Å². The molecule has 1 unspecified atom stereocenters. The van der Waals surface area contributed by atoms with Gasteiger partial charge >= 0.3 is 5.97 Å². The molecule has 1 saturated heterocycles. The number of esters is 1. The van der Waals surface area contributed by atoms with Crippen LogP contribution in [0.4, 0.5) is 0 Å². The molecule has 0 bridgehead atoms. The van der Waals surface area contributed by atoms with Crippen LogP contribution in [0.15, 0.2) is 29.3 Å². The fraction of sp³-hybridized carbons (Fsp3) is 0.600. The summed E-state index contributed by atoms with van der Waals surface area (Å²) >= 11 is 0. The smallest absolute Gasteiger partial charge is 0.337 e. The Hall–Kier alpha value is -2.12. The lowest BCUT2D eigenvalue weighted by Crippen LogP contribution is -2.44. The molecule has 1 aliphatic rings. The Morgan fingerprint density at radius 1 is 1.26 bits per heavy atom. The zero-order valence-electron chi connectivity index (χ0n) is 16.7. The maximum atomic E-state index is 11.5. The van der Waals surface area contributed by atoms with E-state index in [0.29, 0.717) is 11.6 Å². The molecule has 0 radical (unpaired) electrons. The summed E-state index contributed by atoms with van der Waals surface area (Å²) < 4.78 is 10.1. The van der Waals surface area contributed by atoms with Crippen LogP contribution in [0.25, 0.3) is 0 Å². The normalized spacial score (nSPS) is 16.6. The van der Waals surface area contributed by atoms with Crippen molar-refractivity contribution in [2.24, 2.45) is 4.99 Å². The Bertz CT molecular complexity index is 598. The minimum absolute atomic E-state index is 0.310. The summed E-state index contributed by atoms with van der Waals surface area (Å²) in [4.78, 5) is 18.6. The fourth-order valence-corrected chi connectivity index (χ4v) is 2.95. The number of nitrogens with zero attached hydrogens (tertiary/aromatic N) is 2. The average molecular weight is 377 g/mol. The summed E-state index contributed by atoms with van der Waals surface area (Å²) in [5.74, 6) is 0.527. The topological polar surface area (TPSA) is 75.2 Å². The molecule has 1 atom stereocenters. The number of hydrogen-bond donors (Lipinski definition) is 2. The van der Waals surface area contributed by atoms with E-state index in [9.17, 15) is 4.79 Å². The molecule has 1 aliphatic heterocycles. The number of carbonyl (C=O) groups is 1. The first-order valence-corrected chi connectivity index (χ1v) is 9.65. The molecule has 27 heavy (non-hydrogen) atoms. The van der Waals surface area contributed by atoms with Crippen LogP contribution in [0.5, 0.6) is 0 Å². The number of ether oxygens (including phenoxy) is 2. The highest BCUT2D eigenvalue weighted by atomic mass is 16.5. The van der Waals surface area contributed by atoms with Crippen LogP contribution in [0.3, 0.4) is 0 Å². The molecular weight excluding hydrogens is 344 g/mol. The van der Waals surface area contributed by atoms with Crippen molar-refractivity contribution in [1.29, 1.82) is 0 Å². The molecule has 7 heteroatoms. The van der Waals surface area contributed by atoms with Crippen LogP contribution >= 0.6 is 0 Å². The van der Waals surface area contributed by atoms with Crippen LogP contribution in [-0.4, -0.2) is 75.9 Å². The molecule has 0 spiro atoms. The molecule has 2 rings (SSSR count). The van der Waals surface area contributed by atoms with Crippen LogP contribution < -0.4 is 10.6 Å². The molecule has 0 aromatic heterocycles. The highest BCUT2D eigenvalue weighted by Gasteiger charge is 2.16. The lowest BCUT2D eigenvalue weighted by Gasteiger charge is -2.31. The van der Waals surface area contributed by atoms with E-state index in [-0.39, 0.29) is 5.97 Å². The minimum atomic E-state index is -0.310. The maximum Gasteiger partial charge on any atom is 0.337 e. The largest absolute Gasteiger partial charge is 0.465 e. The van der Waals surface area contributed by atoms with Crippen LogP contribution in [0, 0.1) is 0 Å². The standard InChI is InChI=1S/C20H32N4O3/c1-4-21-20(23-15-16(2)24-11-13-27-14-12-24)22-10-9-17-5-7-18(8-6-17)19(25)26-3/h5-8,16H,4,9-15H2,1-3H3,(H2,21,22,23). The summed E-state index contributed by atoms with van der Waals surface area (Å²) in [6.07, 6.45) is 0.852. The van der Waals surface area contributed by atoms with Gasteiger partial charge in [-0.1, -0.05) is 12.1 Å². The van der Waals surface area contributed by atoms with E-state index in [2.05, 4.69) is 29.4 Å². The SMILES string of the molecule is CCNC(=NCC(C)N1CCOCC1)NCCc1ccc(C(=O)OC)cc1. The van der Waals surface area contributed by atoms with Crippen molar-refractivity contribution in [2.75, 3.05) is 53.0 Å². The van der Waals surface area contributed by atoms with Gasteiger partial charge in [-0.3, -0.25) is 9.89 Å². The molecule has 0 amide bonds. The van der Waals surface area contributed by atoms with Gasteiger partial charge in [0.05, 0.1) is 32.4 Å². The monoisotopic (exact) mass is 376 g/mol. The minimum Gasteiger partial charge on any atom is -0.465 e. The Kier molecular flexibility index (Phi) is 9.07. The third-order valence-corrected chi connectivity index (χ3v) is 4.61. The first-order chi connectivity index (χ1) is 13.1. The van der Waals surface area contributed by atoms with E-state index in [0.717, 1.165) is 63.9 Å². The summed E-state index contributed by atoms with van der Waals surface area (Å²) in [7, 11) is 1.39. The number of carbonyl (C=O) groups excluding carboxylic acids is 1. The van der Waals surface area contributed by atoms with Crippen LogP contribution in [0.2, 0.25) is 0 Å². The highest BCUT2D eigenvalue weighted by Crippen LogP contribution is 2.06. The van der Waals surface area contributed by atoms with Gasteiger partial charge < -0.3 is 20.1 Å². The van der Waals surface area contributed by atoms with Crippen LogP contribution in [-0.2, 0) is 15.9 Å². The lowest BCUT2D eigenvalue weighted by molar-refractivity contribution is 0.0220. The number of guanidine groups is 1. The molecule has 0 saturated carbocycles. The number of benzene rings is 1. The third-order valence-electron chi connectivity index (χ3n) is 4.61. The number of nitrogens with one attached hydrogen (secondary N) is 2. The quantitative estimate of drug-likeness (QED) is 0.405. The van der Waals surface area contributed by atoms with Gasteiger partial charge in [0.1, 0.15) is 0 Å². The molecule has 1 aromatic rings. The summed E-state index contributed by atoms with van der Waals surface area (Å²) in [5.41, 5.74) is 1.73. The number of hydrogen-bond acceptors (Lipinski definition) is 5. The molecular formula is C20H32N4O3. The Balaban J connectivity index is 1.80. The van der Waals surface area contributed by atoms with Gasteiger partial charge in [-0.2, -0.15) is 0 Å². The molecule has 2 N–H and O–H groups in total. The van der Waals surface area contributed by atoms with Gasteiger partial charge in [-0.15, -0.1) is 0 Å². The summed E-state index contributed by atoms with van der Waals surface area (Å²) in [6.45, 7) is 10.2. The van der Waals surface area contributed by atoms with Crippen molar-refractivity contribution in [2.45, 2.75) is 26.3 Å². The molecule has 7 nitrogen and oxygen atoms in total. The second-order valence-electron chi connectivity index (χ2n) is 6.58. The summed E-state index contributed by atoms with van der Waals surface area (Å²) in [6, 6.07) is 7.90. The van der Waals surface area contributed by atoms with E-state index in [1.54, 1.807) is 12.1 Å². The molecule has 1 fully saturated rings. The zero-order chi connectivity index (χ0) is 19.5. The second kappa shape index (κ2) is 11.6. The molecule has 1 aromatic carbocycles. The van der Waals surface area contributed by atoms with Crippen molar-refractivity contribution < 1.29 is 14.3 Å².